The van der Waals surface area contributed by atoms with Crippen molar-refractivity contribution in [2.24, 2.45) is 5.41 Å². The number of nitrogens with one attached hydrogen (secondary N) is 1. The lowest BCUT2D eigenvalue weighted by atomic mass is 9.72. The van der Waals surface area contributed by atoms with E-state index in [0.717, 1.165) is 75.5 Å². The first-order chi connectivity index (χ1) is 12.7. The van der Waals surface area contributed by atoms with Crippen molar-refractivity contribution in [2.45, 2.75) is 37.9 Å². The highest BCUT2D eigenvalue weighted by atomic mass is 32.2. The second-order valence-corrected chi connectivity index (χ2v) is 8.47. The molecule has 0 aromatic heterocycles. The van der Waals surface area contributed by atoms with Gasteiger partial charge in [0.1, 0.15) is 5.82 Å². The van der Waals surface area contributed by atoms with E-state index in [1.165, 1.54) is 12.1 Å². The molecule has 1 aromatic carbocycles. The zero-order valence-corrected chi connectivity index (χ0v) is 16.2. The van der Waals surface area contributed by atoms with Crippen LogP contribution >= 0.6 is 11.8 Å². The third-order valence-electron chi connectivity index (χ3n) is 5.59. The largest absolute Gasteiger partial charge is 0.381 e. The molecule has 2 heterocycles. The van der Waals surface area contributed by atoms with E-state index in [1.54, 1.807) is 0 Å². The molecule has 0 atom stereocenters. The number of halogens is 1. The molecule has 1 spiro atoms. The molecule has 4 nitrogen and oxygen atoms in total. The van der Waals surface area contributed by atoms with Crippen LogP contribution in [0.5, 0.6) is 0 Å². The number of amides is 2. The molecule has 26 heavy (non-hydrogen) atoms. The summed E-state index contributed by atoms with van der Waals surface area (Å²) in [5.74, 6) is 1.68. The Morgan fingerprint density at radius 3 is 2.54 bits per heavy atom. The fourth-order valence-electron chi connectivity index (χ4n) is 3.74. The fraction of sp³-hybridized carbons (Fsp3) is 0.650. The Morgan fingerprint density at radius 2 is 1.85 bits per heavy atom. The van der Waals surface area contributed by atoms with Crippen molar-refractivity contribution in [2.75, 3.05) is 38.6 Å². The van der Waals surface area contributed by atoms with Gasteiger partial charge < -0.3 is 15.0 Å². The number of ether oxygens (including phenoxy) is 1. The first-order valence-corrected chi connectivity index (χ1v) is 10.8. The molecule has 0 unspecified atom stereocenters. The molecule has 2 fully saturated rings. The topological polar surface area (TPSA) is 41.6 Å². The van der Waals surface area contributed by atoms with Gasteiger partial charge in [-0.15, -0.1) is 0 Å². The van der Waals surface area contributed by atoms with Crippen LogP contribution in [-0.2, 0) is 10.5 Å². The van der Waals surface area contributed by atoms with Crippen LogP contribution in [0.4, 0.5) is 9.18 Å². The summed E-state index contributed by atoms with van der Waals surface area (Å²) in [5, 5.41) is 3.05. The molecule has 144 valence electrons. The van der Waals surface area contributed by atoms with Gasteiger partial charge >= 0.3 is 6.03 Å². The van der Waals surface area contributed by atoms with E-state index in [0.29, 0.717) is 12.0 Å². The lowest BCUT2D eigenvalue weighted by molar-refractivity contribution is -0.0145. The van der Waals surface area contributed by atoms with Crippen LogP contribution in [0.15, 0.2) is 24.3 Å². The summed E-state index contributed by atoms with van der Waals surface area (Å²) in [6.45, 7) is 4.20. The summed E-state index contributed by atoms with van der Waals surface area (Å²) >= 11 is 1.81. The number of nitrogens with zero attached hydrogens (tertiary/aromatic N) is 1. The van der Waals surface area contributed by atoms with E-state index in [4.69, 9.17) is 4.74 Å². The molecule has 3 rings (SSSR count). The van der Waals surface area contributed by atoms with Gasteiger partial charge in [0.15, 0.2) is 0 Å². The van der Waals surface area contributed by atoms with Crippen LogP contribution in [0.2, 0.25) is 0 Å². The van der Waals surface area contributed by atoms with Crippen molar-refractivity contribution < 1.29 is 13.9 Å². The van der Waals surface area contributed by atoms with E-state index in [1.807, 2.05) is 28.8 Å². The number of benzene rings is 1. The van der Waals surface area contributed by atoms with Gasteiger partial charge in [-0.3, -0.25) is 0 Å². The quantitative estimate of drug-likeness (QED) is 0.757. The van der Waals surface area contributed by atoms with Crippen molar-refractivity contribution >= 4 is 17.8 Å². The molecule has 1 N–H and O–H groups in total. The van der Waals surface area contributed by atoms with Crippen molar-refractivity contribution in [3.63, 3.8) is 0 Å². The van der Waals surface area contributed by atoms with Gasteiger partial charge in [-0.1, -0.05) is 12.1 Å². The van der Waals surface area contributed by atoms with Gasteiger partial charge in [-0.2, -0.15) is 11.8 Å². The number of rotatable bonds is 6. The van der Waals surface area contributed by atoms with Gasteiger partial charge in [-0.05, 0) is 61.0 Å². The van der Waals surface area contributed by atoms with Crippen molar-refractivity contribution in [3.8, 4) is 0 Å². The van der Waals surface area contributed by atoms with E-state index < -0.39 is 0 Å². The number of hydrogen-bond acceptors (Lipinski definition) is 3. The minimum Gasteiger partial charge on any atom is -0.381 e. The Kier molecular flexibility index (Phi) is 7.20. The van der Waals surface area contributed by atoms with Crippen LogP contribution < -0.4 is 5.32 Å². The SMILES string of the molecule is O=C(NCCCSCc1ccc(F)cc1)N1CCC2(CCOCC2)CC1. The predicted molar refractivity (Wildman–Crippen MR) is 104 cm³/mol. The normalized spacial score (nSPS) is 19.5. The van der Waals surface area contributed by atoms with Gasteiger partial charge in [0.05, 0.1) is 0 Å². The third kappa shape index (κ3) is 5.61. The average molecular weight is 381 g/mol. The van der Waals surface area contributed by atoms with Gasteiger partial charge in [0.2, 0.25) is 0 Å². The second-order valence-electron chi connectivity index (χ2n) is 7.36. The molecule has 0 bridgehead atoms. The predicted octanol–water partition coefficient (Wildman–Crippen LogP) is 4.05. The molecule has 2 aliphatic rings. The third-order valence-corrected chi connectivity index (χ3v) is 6.70. The molecule has 2 aliphatic heterocycles. The number of thioether (sulfide) groups is 1. The van der Waals surface area contributed by atoms with Gasteiger partial charge in [-0.25, -0.2) is 9.18 Å². The highest BCUT2D eigenvalue weighted by Gasteiger charge is 2.37. The molecule has 2 amide bonds. The molecular formula is C20H29FN2O2S. The minimum absolute atomic E-state index is 0.0791. The maximum absolute atomic E-state index is 12.9. The number of carbonyl (C=O) groups is 1. The van der Waals surface area contributed by atoms with Gasteiger partial charge in [0.25, 0.3) is 0 Å². The highest BCUT2D eigenvalue weighted by Crippen LogP contribution is 2.40. The van der Waals surface area contributed by atoms with Crippen LogP contribution in [0, 0.1) is 11.2 Å². The van der Waals surface area contributed by atoms with E-state index in [9.17, 15) is 9.18 Å². The number of hydrogen-bond donors (Lipinski definition) is 1. The Hall–Kier alpha value is -1.27. The second kappa shape index (κ2) is 9.60. The highest BCUT2D eigenvalue weighted by molar-refractivity contribution is 7.98. The first kappa shape index (κ1) is 19.5. The van der Waals surface area contributed by atoms with Crippen molar-refractivity contribution in [1.82, 2.24) is 10.2 Å². The Morgan fingerprint density at radius 1 is 1.15 bits per heavy atom. The number of carbonyl (C=O) groups excluding carboxylic acids is 1. The average Bonchev–Trinajstić information content (AvgIpc) is 2.67. The number of urea groups is 1. The summed E-state index contributed by atoms with van der Waals surface area (Å²) in [6.07, 6.45) is 5.46. The molecule has 2 saturated heterocycles. The van der Waals surface area contributed by atoms with Gasteiger partial charge in [0, 0.05) is 38.6 Å². The Balaban J connectivity index is 1.26. The zero-order chi connectivity index (χ0) is 18.2. The molecule has 0 saturated carbocycles. The van der Waals surface area contributed by atoms with E-state index in [2.05, 4.69) is 5.32 Å². The molecular weight excluding hydrogens is 351 g/mol. The molecule has 1 aromatic rings. The minimum atomic E-state index is -0.193. The van der Waals surface area contributed by atoms with Crippen LogP contribution in [0.3, 0.4) is 0 Å². The van der Waals surface area contributed by atoms with Crippen LogP contribution in [-0.4, -0.2) is 49.5 Å². The lowest BCUT2D eigenvalue weighted by Gasteiger charge is -2.44. The Bertz CT molecular complexity index is 566. The monoisotopic (exact) mass is 380 g/mol. The smallest absolute Gasteiger partial charge is 0.317 e. The van der Waals surface area contributed by atoms with Crippen molar-refractivity contribution in [1.29, 1.82) is 0 Å². The lowest BCUT2D eigenvalue weighted by Crippen LogP contribution is -2.48. The van der Waals surface area contributed by atoms with Crippen molar-refractivity contribution in [3.05, 3.63) is 35.6 Å². The summed E-state index contributed by atoms with van der Waals surface area (Å²) in [6, 6.07) is 6.73. The number of piperidine rings is 1. The van der Waals surface area contributed by atoms with Crippen LogP contribution in [0.25, 0.3) is 0 Å². The maximum Gasteiger partial charge on any atom is 0.317 e. The van der Waals surface area contributed by atoms with E-state index in [-0.39, 0.29) is 11.8 Å². The molecule has 6 heteroatoms. The molecule has 0 radical (unpaired) electrons. The Labute approximate surface area is 159 Å². The zero-order valence-electron chi connectivity index (χ0n) is 15.3. The summed E-state index contributed by atoms with van der Waals surface area (Å²) in [5.41, 5.74) is 1.56. The molecule has 0 aliphatic carbocycles. The fourth-order valence-corrected chi connectivity index (χ4v) is 4.66. The first-order valence-electron chi connectivity index (χ1n) is 9.60. The summed E-state index contributed by atoms with van der Waals surface area (Å²) in [4.78, 5) is 14.3. The summed E-state index contributed by atoms with van der Waals surface area (Å²) in [7, 11) is 0. The maximum atomic E-state index is 12.9. The standard InChI is InChI=1S/C20H29FN2O2S/c21-18-4-2-17(3-5-18)16-26-15-1-10-22-19(24)23-11-6-20(7-12-23)8-13-25-14-9-20/h2-5H,1,6-16H2,(H,22,24). The summed E-state index contributed by atoms with van der Waals surface area (Å²) < 4.78 is 18.3. The van der Waals surface area contributed by atoms with E-state index >= 15 is 0 Å². The number of likely N-dealkylation sites (tertiary alicyclic amines) is 1. The van der Waals surface area contributed by atoms with Crippen LogP contribution in [0.1, 0.15) is 37.7 Å².